The SMILES string of the molecule is CC(=O)Nc1ccc(C)c(NC(C)c2ccccc2F)c1. The van der Waals surface area contributed by atoms with Crippen LogP contribution in [0, 0.1) is 12.7 Å². The first-order valence-corrected chi connectivity index (χ1v) is 6.86. The van der Waals surface area contributed by atoms with E-state index < -0.39 is 0 Å². The van der Waals surface area contributed by atoms with Crippen LogP contribution in [0.1, 0.15) is 31.0 Å². The molecule has 1 amide bonds. The van der Waals surface area contributed by atoms with Gasteiger partial charge in [-0.25, -0.2) is 4.39 Å². The Kier molecular flexibility index (Phi) is 4.58. The summed E-state index contributed by atoms with van der Waals surface area (Å²) in [4.78, 5) is 11.1. The monoisotopic (exact) mass is 286 g/mol. The van der Waals surface area contributed by atoms with E-state index in [0.29, 0.717) is 5.56 Å². The van der Waals surface area contributed by atoms with Gasteiger partial charge in [0.1, 0.15) is 5.82 Å². The highest BCUT2D eigenvalue weighted by molar-refractivity contribution is 5.89. The second kappa shape index (κ2) is 6.39. The van der Waals surface area contributed by atoms with Gasteiger partial charge in [0.05, 0.1) is 6.04 Å². The second-order valence-electron chi connectivity index (χ2n) is 5.10. The minimum Gasteiger partial charge on any atom is -0.378 e. The minimum absolute atomic E-state index is 0.119. The van der Waals surface area contributed by atoms with Crippen LogP contribution in [0.15, 0.2) is 42.5 Å². The first-order valence-electron chi connectivity index (χ1n) is 6.86. The molecule has 1 atom stereocenters. The van der Waals surface area contributed by atoms with Crippen LogP contribution < -0.4 is 10.6 Å². The number of halogens is 1. The molecule has 4 heteroatoms. The number of benzene rings is 2. The Hall–Kier alpha value is -2.36. The minimum atomic E-state index is -0.229. The Balaban J connectivity index is 2.22. The molecule has 21 heavy (non-hydrogen) atoms. The quantitative estimate of drug-likeness (QED) is 0.881. The van der Waals surface area contributed by atoms with E-state index in [1.165, 1.54) is 13.0 Å². The van der Waals surface area contributed by atoms with Gasteiger partial charge in [-0.15, -0.1) is 0 Å². The lowest BCUT2D eigenvalue weighted by molar-refractivity contribution is -0.114. The number of carbonyl (C=O) groups excluding carboxylic acids is 1. The van der Waals surface area contributed by atoms with Crippen LogP contribution in [0.3, 0.4) is 0 Å². The summed E-state index contributed by atoms with van der Waals surface area (Å²) in [7, 11) is 0. The molecule has 3 nitrogen and oxygen atoms in total. The number of hydrogen-bond acceptors (Lipinski definition) is 2. The Morgan fingerprint density at radius 2 is 1.90 bits per heavy atom. The van der Waals surface area contributed by atoms with Crippen LogP contribution in [0.4, 0.5) is 15.8 Å². The van der Waals surface area contributed by atoms with Crippen molar-refractivity contribution in [1.82, 2.24) is 0 Å². The standard InChI is InChI=1S/C17H19FN2O/c1-11-8-9-14(20-13(3)21)10-17(11)19-12(2)15-6-4-5-7-16(15)18/h4-10,12,19H,1-3H3,(H,20,21). The molecule has 2 aromatic carbocycles. The maximum absolute atomic E-state index is 13.8. The van der Waals surface area contributed by atoms with Gasteiger partial charge < -0.3 is 10.6 Å². The summed E-state index contributed by atoms with van der Waals surface area (Å²) in [6.07, 6.45) is 0. The number of rotatable bonds is 4. The highest BCUT2D eigenvalue weighted by Gasteiger charge is 2.11. The molecule has 0 aromatic heterocycles. The molecule has 0 bridgehead atoms. The second-order valence-corrected chi connectivity index (χ2v) is 5.10. The molecule has 0 radical (unpaired) electrons. The van der Waals surface area contributed by atoms with E-state index in [0.717, 1.165) is 16.9 Å². The average Bonchev–Trinajstić information content (AvgIpc) is 2.42. The number of aryl methyl sites for hydroxylation is 1. The van der Waals surface area contributed by atoms with Crippen LogP contribution in [0.2, 0.25) is 0 Å². The molecule has 1 unspecified atom stereocenters. The van der Waals surface area contributed by atoms with Crippen LogP contribution in [-0.4, -0.2) is 5.91 Å². The Morgan fingerprint density at radius 3 is 2.57 bits per heavy atom. The summed E-state index contributed by atoms with van der Waals surface area (Å²) in [6, 6.07) is 12.2. The van der Waals surface area contributed by atoms with E-state index in [1.54, 1.807) is 12.1 Å². The van der Waals surface area contributed by atoms with E-state index in [1.807, 2.05) is 38.1 Å². The van der Waals surface area contributed by atoms with E-state index in [4.69, 9.17) is 0 Å². The molecule has 2 rings (SSSR count). The fourth-order valence-electron chi connectivity index (χ4n) is 2.20. The van der Waals surface area contributed by atoms with Gasteiger partial charge in [-0.05, 0) is 37.6 Å². The summed E-state index contributed by atoms with van der Waals surface area (Å²) >= 11 is 0. The Morgan fingerprint density at radius 1 is 1.19 bits per heavy atom. The zero-order valence-electron chi connectivity index (χ0n) is 12.4. The molecule has 0 aliphatic rings. The van der Waals surface area contributed by atoms with Crippen molar-refractivity contribution < 1.29 is 9.18 Å². The number of carbonyl (C=O) groups is 1. The van der Waals surface area contributed by atoms with Gasteiger partial charge in [-0.3, -0.25) is 4.79 Å². The van der Waals surface area contributed by atoms with Crippen LogP contribution >= 0.6 is 0 Å². The maximum Gasteiger partial charge on any atom is 0.221 e. The number of anilines is 2. The molecule has 0 saturated heterocycles. The third-order valence-corrected chi connectivity index (χ3v) is 3.30. The summed E-state index contributed by atoms with van der Waals surface area (Å²) in [6.45, 7) is 5.34. The Labute approximate surface area is 124 Å². The first-order chi connectivity index (χ1) is 9.97. The van der Waals surface area contributed by atoms with Crippen molar-refractivity contribution in [3.8, 4) is 0 Å². The smallest absolute Gasteiger partial charge is 0.221 e. The first kappa shape index (κ1) is 15.0. The predicted octanol–water partition coefficient (Wildman–Crippen LogP) is 4.27. The summed E-state index contributed by atoms with van der Waals surface area (Å²) in [5.41, 5.74) is 3.24. The van der Waals surface area contributed by atoms with Crippen LogP contribution in [-0.2, 0) is 4.79 Å². The van der Waals surface area contributed by atoms with E-state index >= 15 is 0 Å². The van der Waals surface area contributed by atoms with Gasteiger partial charge in [0, 0.05) is 23.9 Å². The zero-order chi connectivity index (χ0) is 15.4. The van der Waals surface area contributed by atoms with E-state index in [2.05, 4.69) is 10.6 Å². The van der Waals surface area contributed by atoms with Gasteiger partial charge in [-0.2, -0.15) is 0 Å². The lowest BCUT2D eigenvalue weighted by Gasteiger charge is -2.19. The highest BCUT2D eigenvalue weighted by atomic mass is 19.1. The molecule has 0 aliphatic heterocycles. The Bertz CT molecular complexity index is 655. The molecule has 2 aromatic rings. The molecule has 0 saturated carbocycles. The number of nitrogens with one attached hydrogen (secondary N) is 2. The topological polar surface area (TPSA) is 41.1 Å². The van der Waals surface area contributed by atoms with Crippen molar-refractivity contribution in [3.63, 3.8) is 0 Å². The largest absolute Gasteiger partial charge is 0.378 e. The molecule has 0 aliphatic carbocycles. The normalized spacial score (nSPS) is 11.8. The molecular formula is C17H19FN2O. The molecule has 0 heterocycles. The van der Waals surface area contributed by atoms with E-state index in [-0.39, 0.29) is 17.8 Å². The molecular weight excluding hydrogens is 267 g/mol. The van der Waals surface area contributed by atoms with Crippen molar-refractivity contribution in [2.75, 3.05) is 10.6 Å². The predicted molar refractivity (Wildman–Crippen MR) is 83.9 cm³/mol. The van der Waals surface area contributed by atoms with Gasteiger partial charge in [-0.1, -0.05) is 24.3 Å². The van der Waals surface area contributed by atoms with Crippen molar-refractivity contribution in [3.05, 3.63) is 59.4 Å². The summed E-state index contributed by atoms with van der Waals surface area (Å²) in [5.74, 6) is -0.347. The number of hydrogen-bond donors (Lipinski definition) is 2. The van der Waals surface area contributed by atoms with Gasteiger partial charge in [0.2, 0.25) is 5.91 Å². The average molecular weight is 286 g/mol. The van der Waals surface area contributed by atoms with Gasteiger partial charge in [0.25, 0.3) is 0 Å². The lowest BCUT2D eigenvalue weighted by atomic mass is 10.1. The van der Waals surface area contributed by atoms with Crippen LogP contribution in [0.25, 0.3) is 0 Å². The molecule has 2 N–H and O–H groups in total. The van der Waals surface area contributed by atoms with Crippen LogP contribution in [0.5, 0.6) is 0 Å². The molecule has 0 fully saturated rings. The van der Waals surface area contributed by atoms with Gasteiger partial charge >= 0.3 is 0 Å². The number of amides is 1. The van der Waals surface area contributed by atoms with Gasteiger partial charge in [0.15, 0.2) is 0 Å². The van der Waals surface area contributed by atoms with Crippen molar-refractivity contribution in [2.24, 2.45) is 0 Å². The van der Waals surface area contributed by atoms with Crippen molar-refractivity contribution >= 4 is 17.3 Å². The summed E-state index contributed by atoms with van der Waals surface area (Å²) in [5, 5.41) is 6.03. The zero-order valence-corrected chi connectivity index (χ0v) is 12.4. The lowest BCUT2D eigenvalue weighted by Crippen LogP contribution is -2.11. The molecule has 0 spiro atoms. The molecule has 110 valence electrons. The van der Waals surface area contributed by atoms with Crippen molar-refractivity contribution in [1.29, 1.82) is 0 Å². The maximum atomic E-state index is 13.8. The fraction of sp³-hybridized carbons (Fsp3) is 0.235. The summed E-state index contributed by atoms with van der Waals surface area (Å²) < 4.78 is 13.8. The van der Waals surface area contributed by atoms with Crippen molar-refractivity contribution in [2.45, 2.75) is 26.8 Å². The third-order valence-electron chi connectivity index (χ3n) is 3.30. The highest BCUT2D eigenvalue weighted by Crippen LogP contribution is 2.26. The third kappa shape index (κ3) is 3.81. The fourth-order valence-corrected chi connectivity index (χ4v) is 2.20. The van der Waals surface area contributed by atoms with E-state index in [9.17, 15) is 9.18 Å².